The number of hydrogen-bond acceptors (Lipinski definition) is 5. The smallest absolute Gasteiger partial charge is 0.201 e. The Morgan fingerprint density at radius 3 is 2.62 bits per heavy atom. The summed E-state index contributed by atoms with van der Waals surface area (Å²) in [5.74, 6) is 0.953. The minimum atomic E-state index is -0.698. The van der Waals surface area contributed by atoms with Gasteiger partial charge >= 0.3 is 0 Å². The van der Waals surface area contributed by atoms with Crippen LogP contribution >= 0.6 is 0 Å². The number of ether oxygens (including phenoxy) is 3. The van der Waals surface area contributed by atoms with Gasteiger partial charge in [0.2, 0.25) is 5.79 Å². The molecule has 8 atom stereocenters. The molecule has 4 heterocycles. The van der Waals surface area contributed by atoms with Crippen molar-refractivity contribution in [3.8, 4) is 0 Å². The summed E-state index contributed by atoms with van der Waals surface area (Å²) in [5.41, 5.74) is -0.470. The molecule has 5 aliphatic rings. The van der Waals surface area contributed by atoms with Crippen LogP contribution in [0.25, 0.3) is 0 Å². The molecule has 120 valence electrons. The Labute approximate surface area is 126 Å². The molecule has 0 N–H and O–H groups in total. The average molecular weight is 298 g/mol. The standard InChI is InChI=1S/C16H26O5/c1-9-5-6-12-10(2)13(17-4)18-14-16(12)11(9)7-8-15(3,19-14)20-21-16/h9-14H,5-8H2,1-4H3/t9-,10-,11-,12-,13-,14-,15-,16-/m1/s1. The first-order chi connectivity index (χ1) is 10.00. The highest BCUT2D eigenvalue weighted by atomic mass is 17.3. The molecule has 5 nitrogen and oxygen atoms in total. The molecule has 0 unspecified atom stereocenters. The predicted octanol–water partition coefficient (Wildman–Crippen LogP) is 2.84. The Kier molecular flexibility index (Phi) is 3.19. The Bertz CT molecular complexity index is 429. The van der Waals surface area contributed by atoms with E-state index < -0.39 is 17.7 Å². The van der Waals surface area contributed by atoms with Gasteiger partial charge in [0.15, 0.2) is 18.2 Å². The minimum absolute atomic E-state index is 0.230. The largest absolute Gasteiger partial charge is 0.355 e. The van der Waals surface area contributed by atoms with Gasteiger partial charge in [-0.1, -0.05) is 13.8 Å². The average Bonchev–Trinajstić information content (AvgIpc) is 2.69. The predicted molar refractivity (Wildman–Crippen MR) is 73.8 cm³/mol. The van der Waals surface area contributed by atoms with Crippen molar-refractivity contribution in [1.82, 2.24) is 0 Å². The van der Waals surface area contributed by atoms with Crippen LogP contribution in [-0.2, 0) is 24.0 Å². The Morgan fingerprint density at radius 2 is 1.86 bits per heavy atom. The second-order valence-corrected chi connectivity index (χ2v) is 7.51. The maximum Gasteiger partial charge on any atom is 0.201 e. The Balaban J connectivity index is 1.79. The van der Waals surface area contributed by atoms with E-state index in [2.05, 4.69) is 13.8 Å². The topological polar surface area (TPSA) is 46.2 Å². The molecular formula is C16H26O5. The molecule has 0 amide bonds. The number of hydrogen-bond donors (Lipinski definition) is 0. The lowest BCUT2D eigenvalue weighted by Gasteiger charge is -2.60. The first-order valence-electron chi connectivity index (χ1n) is 8.23. The normalized spacial score (nSPS) is 59.4. The van der Waals surface area contributed by atoms with Gasteiger partial charge in [-0.2, -0.15) is 0 Å². The van der Waals surface area contributed by atoms with Gasteiger partial charge in [0, 0.05) is 25.4 Å². The van der Waals surface area contributed by atoms with Crippen LogP contribution in [0.2, 0.25) is 0 Å². The van der Waals surface area contributed by atoms with E-state index in [1.165, 1.54) is 6.42 Å². The van der Waals surface area contributed by atoms with Crippen LogP contribution in [0.15, 0.2) is 0 Å². The fourth-order valence-electron chi connectivity index (χ4n) is 5.14. The molecule has 4 saturated heterocycles. The number of methoxy groups -OCH3 is 1. The maximum atomic E-state index is 6.21. The molecule has 5 heteroatoms. The van der Waals surface area contributed by atoms with Crippen LogP contribution in [0.4, 0.5) is 0 Å². The number of fused-ring (bicyclic) bond motifs is 2. The van der Waals surface area contributed by atoms with Gasteiger partial charge in [-0.3, -0.25) is 0 Å². The highest BCUT2D eigenvalue weighted by molar-refractivity contribution is 5.08. The molecule has 4 aliphatic heterocycles. The van der Waals surface area contributed by atoms with Crippen LogP contribution in [0.3, 0.4) is 0 Å². The van der Waals surface area contributed by atoms with Crippen molar-refractivity contribution < 1.29 is 24.0 Å². The Hall–Kier alpha value is -0.200. The molecule has 1 aliphatic carbocycles. The fourth-order valence-corrected chi connectivity index (χ4v) is 5.14. The van der Waals surface area contributed by atoms with Crippen LogP contribution in [0.5, 0.6) is 0 Å². The third-order valence-electron chi connectivity index (χ3n) is 6.33. The van der Waals surface area contributed by atoms with Gasteiger partial charge in [-0.05, 0) is 38.0 Å². The first kappa shape index (κ1) is 14.4. The summed E-state index contributed by atoms with van der Waals surface area (Å²) < 4.78 is 17.9. The van der Waals surface area contributed by atoms with E-state index in [0.717, 1.165) is 19.3 Å². The monoisotopic (exact) mass is 298 g/mol. The lowest BCUT2D eigenvalue weighted by Crippen LogP contribution is -2.70. The second-order valence-electron chi connectivity index (χ2n) is 7.51. The molecule has 0 aromatic rings. The van der Waals surface area contributed by atoms with Crippen LogP contribution in [0.1, 0.15) is 46.5 Å². The van der Waals surface area contributed by atoms with Crippen LogP contribution < -0.4 is 0 Å². The van der Waals surface area contributed by atoms with Gasteiger partial charge in [0.25, 0.3) is 0 Å². The summed E-state index contributed by atoms with van der Waals surface area (Å²) in [7, 11) is 1.70. The lowest BCUT2D eigenvalue weighted by molar-refractivity contribution is -0.577. The van der Waals surface area contributed by atoms with E-state index >= 15 is 0 Å². The third-order valence-corrected chi connectivity index (χ3v) is 6.33. The summed E-state index contributed by atoms with van der Waals surface area (Å²) >= 11 is 0. The SMILES string of the molecule is CO[C@@H]1O[C@@H]2O[C@@]3(C)CC[C@@H]4[C@H](C)CC[C@H]([C@H]1C)[C@@]24OO3. The summed E-state index contributed by atoms with van der Waals surface area (Å²) in [6, 6.07) is 0. The maximum absolute atomic E-state index is 6.21. The highest BCUT2D eigenvalue weighted by Gasteiger charge is 2.69. The zero-order valence-electron chi connectivity index (χ0n) is 13.3. The molecule has 21 heavy (non-hydrogen) atoms. The molecule has 1 spiro atoms. The molecule has 2 bridgehead atoms. The molecule has 0 aromatic heterocycles. The van der Waals surface area contributed by atoms with Crippen molar-refractivity contribution in [1.29, 1.82) is 0 Å². The summed E-state index contributed by atoms with van der Waals surface area (Å²) in [6.07, 6.45) is 3.64. The van der Waals surface area contributed by atoms with Gasteiger partial charge in [-0.15, -0.1) is 0 Å². The van der Waals surface area contributed by atoms with E-state index in [0.29, 0.717) is 17.8 Å². The zero-order valence-corrected chi connectivity index (χ0v) is 13.3. The van der Waals surface area contributed by atoms with Crippen molar-refractivity contribution in [2.75, 3.05) is 7.11 Å². The van der Waals surface area contributed by atoms with Gasteiger partial charge in [-0.25, -0.2) is 9.78 Å². The van der Waals surface area contributed by atoms with Crippen LogP contribution in [0, 0.1) is 23.7 Å². The second kappa shape index (κ2) is 4.65. The van der Waals surface area contributed by atoms with Crippen molar-refractivity contribution in [3.05, 3.63) is 0 Å². The Morgan fingerprint density at radius 1 is 1.05 bits per heavy atom. The molecule has 5 fully saturated rings. The molecule has 0 aromatic carbocycles. The van der Waals surface area contributed by atoms with Crippen molar-refractivity contribution >= 4 is 0 Å². The van der Waals surface area contributed by atoms with Gasteiger partial charge < -0.3 is 14.2 Å². The molecule has 0 radical (unpaired) electrons. The summed E-state index contributed by atoms with van der Waals surface area (Å²) in [6.45, 7) is 6.46. The van der Waals surface area contributed by atoms with Gasteiger partial charge in [0.05, 0.1) is 0 Å². The van der Waals surface area contributed by atoms with E-state index in [4.69, 9.17) is 24.0 Å². The fraction of sp³-hybridized carbons (Fsp3) is 1.00. The van der Waals surface area contributed by atoms with Crippen molar-refractivity contribution in [3.63, 3.8) is 0 Å². The molecule has 5 rings (SSSR count). The highest BCUT2D eigenvalue weighted by Crippen LogP contribution is 2.60. The summed E-state index contributed by atoms with van der Waals surface area (Å²) in [5, 5.41) is 0. The zero-order chi connectivity index (χ0) is 14.8. The molecule has 1 saturated carbocycles. The quantitative estimate of drug-likeness (QED) is 0.697. The van der Waals surface area contributed by atoms with E-state index in [1.54, 1.807) is 7.11 Å². The minimum Gasteiger partial charge on any atom is -0.355 e. The van der Waals surface area contributed by atoms with Crippen LogP contribution in [-0.4, -0.2) is 31.1 Å². The molecular weight excluding hydrogens is 272 g/mol. The van der Waals surface area contributed by atoms with E-state index in [-0.39, 0.29) is 12.2 Å². The third kappa shape index (κ3) is 1.81. The van der Waals surface area contributed by atoms with Crippen molar-refractivity contribution in [2.45, 2.75) is 70.4 Å². The number of rotatable bonds is 1. The first-order valence-corrected chi connectivity index (χ1v) is 8.23. The van der Waals surface area contributed by atoms with E-state index in [9.17, 15) is 0 Å². The lowest BCUT2D eigenvalue weighted by atomic mass is 9.58. The van der Waals surface area contributed by atoms with Crippen molar-refractivity contribution in [2.24, 2.45) is 23.7 Å². The summed E-state index contributed by atoms with van der Waals surface area (Å²) in [4.78, 5) is 11.8. The van der Waals surface area contributed by atoms with Gasteiger partial charge in [0.1, 0.15) is 0 Å². The van der Waals surface area contributed by atoms with E-state index in [1.807, 2.05) is 6.92 Å².